The summed E-state index contributed by atoms with van der Waals surface area (Å²) in [7, 11) is 0. The first-order chi connectivity index (χ1) is 25.2. The van der Waals surface area contributed by atoms with Crippen LogP contribution in [0.4, 0.5) is 4.79 Å². The highest BCUT2D eigenvalue weighted by molar-refractivity contribution is 6.68. The number of hydrogen-bond acceptors (Lipinski definition) is 6. The maximum Gasteiger partial charge on any atom is 0.411 e. The summed E-state index contributed by atoms with van der Waals surface area (Å²) in [5.74, 6) is 0.838. The smallest absolute Gasteiger partial charge is 0.411 e. The Morgan fingerprint density at radius 1 is 0.925 bits per heavy atom. The Morgan fingerprint density at radius 2 is 1.60 bits per heavy atom. The van der Waals surface area contributed by atoms with E-state index in [1.807, 2.05) is 29.2 Å². The first-order valence-electron chi connectivity index (χ1n) is 18.5. The van der Waals surface area contributed by atoms with Crippen LogP contribution in [-0.2, 0) is 28.9 Å². The minimum Gasteiger partial charge on any atom is -0.493 e. The van der Waals surface area contributed by atoms with Crippen molar-refractivity contribution in [3.63, 3.8) is 0 Å². The molecule has 2 aliphatic heterocycles. The van der Waals surface area contributed by atoms with Gasteiger partial charge in [-0.05, 0) is 105 Å². The Labute approximate surface area is 328 Å². The number of rotatable bonds is 12. The molecule has 3 aromatic carbocycles. The number of halogens is 3. The first kappa shape index (κ1) is 39.4. The van der Waals surface area contributed by atoms with E-state index in [1.54, 1.807) is 18.7 Å². The van der Waals surface area contributed by atoms with Gasteiger partial charge in [0.25, 0.3) is 5.91 Å². The highest BCUT2D eigenvalue weighted by Gasteiger charge is 2.50. The standard InChI is InChI=1S/C42H50Cl3N3O5/c1-26-10-11-27(2)38(28(26)3)52-21-19-29-12-14-31(15-13-29)35-22-34-23-46-24-36(48(34)40(51)53-41(4,5)42(43,44)45)37(35)39(50)47(33-16-17-33)25-32-9-7-6-8-30(32)18-20-49/h6-15,33-34,36,46,49H,16-25H2,1-5H3/t34?,36-/m1/s1. The molecule has 0 aromatic heterocycles. The Bertz CT molecular complexity index is 1850. The number of carbonyl (C=O) groups is 2. The van der Waals surface area contributed by atoms with Crippen LogP contribution in [0.15, 0.2) is 66.2 Å². The number of piperazine rings is 1. The van der Waals surface area contributed by atoms with E-state index in [1.165, 1.54) is 5.56 Å². The number of ether oxygens (including phenoxy) is 2. The van der Waals surface area contributed by atoms with Crippen LogP contribution in [0.3, 0.4) is 0 Å². The number of nitrogens with zero attached hydrogens (tertiary/aromatic N) is 2. The van der Waals surface area contributed by atoms with E-state index in [-0.39, 0.29) is 24.6 Å². The van der Waals surface area contributed by atoms with Crippen molar-refractivity contribution in [2.75, 3.05) is 26.3 Å². The van der Waals surface area contributed by atoms with Gasteiger partial charge in [-0.25, -0.2) is 4.79 Å². The number of benzene rings is 3. The lowest BCUT2D eigenvalue weighted by molar-refractivity contribution is -0.129. The molecule has 2 atom stereocenters. The van der Waals surface area contributed by atoms with Crippen LogP contribution in [0.25, 0.3) is 5.57 Å². The van der Waals surface area contributed by atoms with Crippen LogP contribution in [0.5, 0.6) is 5.75 Å². The third-order valence-electron chi connectivity index (χ3n) is 10.9. The molecule has 0 spiro atoms. The SMILES string of the molecule is Cc1ccc(C)c(OCCc2ccc(C3=C(C(=O)N(Cc4ccccc4CCO)C4CC4)[C@H]4CNCC(C3)N4C(=O)OC(C)(C)C(Cl)(Cl)Cl)cc2)c1C. The Morgan fingerprint density at radius 3 is 2.26 bits per heavy atom. The van der Waals surface area contributed by atoms with Gasteiger partial charge in [-0.2, -0.15) is 0 Å². The normalized spacial score (nSPS) is 18.9. The molecule has 2 N–H and O–H groups in total. The Balaban J connectivity index is 1.34. The third kappa shape index (κ3) is 8.68. The molecule has 1 saturated carbocycles. The van der Waals surface area contributed by atoms with Crippen molar-refractivity contribution in [1.82, 2.24) is 15.1 Å². The number of hydrogen-bond donors (Lipinski definition) is 2. The number of carbonyl (C=O) groups excluding carboxylic acids is 2. The summed E-state index contributed by atoms with van der Waals surface area (Å²) < 4.78 is 10.3. The van der Waals surface area contributed by atoms with Crippen molar-refractivity contribution in [2.24, 2.45) is 0 Å². The molecule has 0 radical (unpaired) electrons. The average molecular weight is 783 g/mol. The van der Waals surface area contributed by atoms with Crippen molar-refractivity contribution in [3.8, 4) is 5.75 Å². The van der Waals surface area contributed by atoms with E-state index in [0.717, 1.165) is 64.0 Å². The summed E-state index contributed by atoms with van der Waals surface area (Å²) in [4.78, 5) is 32.8. The van der Waals surface area contributed by atoms with Crippen LogP contribution in [0, 0.1) is 20.8 Å². The van der Waals surface area contributed by atoms with Crippen molar-refractivity contribution >= 4 is 52.4 Å². The van der Waals surface area contributed by atoms with E-state index in [4.69, 9.17) is 44.3 Å². The monoisotopic (exact) mass is 781 g/mol. The van der Waals surface area contributed by atoms with E-state index < -0.39 is 21.5 Å². The van der Waals surface area contributed by atoms with Gasteiger partial charge in [0.1, 0.15) is 5.75 Å². The largest absolute Gasteiger partial charge is 0.493 e. The fourth-order valence-electron chi connectivity index (χ4n) is 7.40. The van der Waals surface area contributed by atoms with Crippen LogP contribution >= 0.6 is 34.8 Å². The molecule has 3 aliphatic rings. The molecule has 11 heteroatoms. The summed E-state index contributed by atoms with van der Waals surface area (Å²) in [5.41, 5.74) is 7.66. The van der Waals surface area contributed by atoms with Crippen LogP contribution < -0.4 is 10.1 Å². The molecular formula is C42H50Cl3N3O5. The number of aryl methyl sites for hydroxylation is 2. The summed E-state index contributed by atoms with van der Waals surface area (Å²) in [5, 5.41) is 13.2. The zero-order valence-corrected chi connectivity index (χ0v) is 33.5. The van der Waals surface area contributed by atoms with Gasteiger partial charge in [-0.3, -0.25) is 9.69 Å². The second kappa shape index (κ2) is 16.2. The summed E-state index contributed by atoms with van der Waals surface area (Å²) in [6.07, 6.45) is 2.87. The number of aliphatic hydroxyl groups excluding tert-OH is 1. The van der Waals surface area contributed by atoms with Gasteiger partial charge in [0, 0.05) is 44.3 Å². The third-order valence-corrected chi connectivity index (χ3v) is 12.3. The number of nitrogens with one attached hydrogen (secondary N) is 1. The van der Waals surface area contributed by atoms with Crippen molar-refractivity contribution in [1.29, 1.82) is 0 Å². The summed E-state index contributed by atoms with van der Waals surface area (Å²) in [6, 6.07) is 19.7. The molecule has 2 bridgehead atoms. The number of alkyl halides is 3. The van der Waals surface area contributed by atoms with Crippen LogP contribution in [-0.4, -0.2) is 80.7 Å². The van der Waals surface area contributed by atoms with Crippen molar-refractivity contribution in [3.05, 3.63) is 105 Å². The number of aliphatic hydroxyl groups is 1. The molecule has 53 heavy (non-hydrogen) atoms. The molecule has 2 amide bonds. The van der Waals surface area contributed by atoms with Gasteiger partial charge in [-0.1, -0.05) is 95.5 Å². The predicted molar refractivity (Wildman–Crippen MR) is 212 cm³/mol. The second-order valence-corrected chi connectivity index (χ2v) is 17.3. The molecule has 6 rings (SSSR count). The number of fused-ring (bicyclic) bond motifs is 2. The highest BCUT2D eigenvalue weighted by Crippen LogP contribution is 2.43. The molecular weight excluding hydrogens is 733 g/mol. The van der Waals surface area contributed by atoms with E-state index in [9.17, 15) is 9.90 Å². The van der Waals surface area contributed by atoms with Gasteiger partial charge in [0.2, 0.25) is 3.79 Å². The number of amides is 2. The molecule has 284 valence electrons. The summed E-state index contributed by atoms with van der Waals surface area (Å²) in [6.45, 7) is 11.3. The van der Waals surface area contributed by atoms with E-state index in [0.29, 0.717) is 44.7 Å². The lowest BCUT2D eigenvalue weighted by Crippen LogP contribution is -2.64. The van der Waals surface area contributed by atoms with Crippen molar-refractivity contribution in [2.45, 2.75) is 101 Å². The van der Waals surface area contributed by atoms with Gasteiger partial charge < -0.3 is 24.8 Å². The second-order valence-electron chi connectivity index (χ2n) is 15.1. The molecule has 1 unspecified atom stereocenters. The van der Waals surface area contributed by atoms with Gasteiger partial charge in [0.05, 0.1) is 18.7 Å². The highest BCUT2D eigenvalue weighted by atomic mass is 35.6. The molecule has 1 aliphatic carbocycles. The van der Waals surface area contributed by atoms with Crippen molar-refractivity contribution < 1.29 is 24.2 Å². The molecule has 3 aromatic rings. The average Bonchev–Trinajstić information content (AvgIpc) is 3.96. The molecule has 8 nitrogen and oxygen atoms in total. The quantitative estimate of drug-likeness (QED) is 0.181. The van der Waals surface area contributed by atoms with Crippen LogP contribution in [0.1, 0.15) is 72.1 Å². The van der Waals surface area contributed by atoms with Gasteiger partial charge in [-0.15, -0.1) is 0 Å². The topological polar surface area (TPSA) is 91.3 Å². The maximum atomic E-state index is 15.1. The minimum atomic E-state index is -1.86. The lowest BCUT2D eigenvalue weighted by atomic mass is 9.81. The molecule has 2 fully saturated rings. The fourth-order valence-corrected chi connectivity index (χ4v) is 7.52. The predicted octanol–water partition coefficient (Wildman–Crippen LogP) is 8.04. The van der Waals surface area contributed by atoms with Gasteiger partial charge in [0.15, 0.2) is 5.60 Å². The Kier molecular flexibility index (Phi) is 12.1. The lowest BCUT2D eigenvalue weighted by Gasteiger charge is -2.48. The zero-order valence-electron chi connectivity index (χ0n) is 31.2. The van der Waals surface area contributed by atoms with Crippen LogP contribution in [0.2, 0.25) is 0 Å². The van der Waals surface area contributed by atoms with Gasteiger partial charge >= 0.3 is 6.09 Å². The molecule has 2 heterocycles. The van der Waals surface area contributed by atoms with E-state index >= 15 is 4.79 Å². The van der Waals surface area contributed by atoms with E-state index in [2.05, 4.69) is 62.5 Å². The molecule has 1 saturated heterocycles. The maximum absolute atomic E-state index is 15.1. The summed E-state index contributed by atoms with van der Waals surface area (Å²) >= 11 is 18.7. The fraction of sp³-hybridized carbons (Fsp3) is 0.476. The Hall–Kier alpha value is -3.27. The first-order valence-corrected chi connectivity index (χ1v) is 19.6. The zero-order chi connectivity index (χ0) is 38.1. The minimum absolute atomic E-state index is 0.0216.